The predicted molar refractivity (Wildman–Crippen MR) is 77.7 cm³/mol. The van der Waals surface area contributed by atoms with E-state index in [4.69, 9.17) is 5.73 Å². The molecule has 1 aromatic carbocycles. The third-order valence-corrected chi connectivity index (χ3v) is 4.11. The van der Waals surface area contributed by atoms with E-state index in [2.05, 4.69) is 6.92 Å². The number of aryl methyl sites for hydroxylation is 1. The molecule has 0 aliphatic carbocycles. The summed E-state index contributed by atoms with van der Waals surface area (Å²) in [5.41, 5.74) is 8.21. The first-order valence-electron chi connectivity index (χ1n) is 7.22. The summed E-state index contributed by atoms with van der Waals surface area (Å²) < 4.78 is 0. The van der Waals surface area contributed by atoms with Crippen LogP contribution in [0.3, 0.4) is 0 Å². The van der Waals surface area contributed by atoms with Gasteiger partial charge >= 0.3 is 0 Å². The molecule has 0 bridgehead atoms. The van der Waals surface area contributed by atoms with E-state index >= 15 is 0 Å². The Hall–Kier alpha value is -1.35. The fraction of sp³-hybridized carbons (Fsp3) is 0.562. The van der Waals surface area contributed by atoms with Crippen molar-refractivity contribution < 1.29 is 4.79 Å². The summed E-state index contributed by atoms with van der Waals surface area (Å²) in [6.45, 7) is 5.95. The fourth-order valence-electron chi connectivity index (χ4n) is 2.71. The van der Waals surface area contributed by atoms with Gasteiger partial charge in [-0.1, -0.05) is 43.2 Å². The minimum atomic E-state index is -0.517. The monoisotopic (exact) mass is 260 g/mol. The minimum Gasteiger partial charge on any atom is -0.341 e. The zero-order valence-corrected chi connectivity index (χ0v) is 11.9. The molecule has 2 atom stereocenters. The lowest BCUT2D eigenvalue weighted by molar-refractivity contribution is -0.134. The standard InChI is InChI=1S/C16H24N2O/c1-3-13-5-4-10-18(11-13)16(19)15(17)14-8-6-12(2)7-9-14/h6-9,13,15H,3-5,10-11,17H2,1-2H3. The number of carbonyl (C=O) groups is 1. The summed E-state index contributed by atoms with van der Waals surface area (Å²) in [7, 11) is 0. The maximum atomic E-state index is 12.4. The number of hydrogen-bond donors (Lipinski definition) is 1. The molecule has 19 heavy (non-hydrogen) atoms. The summed E-state index contributed by atoms with van der Waals surface area (Å²) in [4.78, 5) is 14.4. The van der Waals surface area contributed by atoms with Gasteiger partial charge in [0.25, 0.3) is 0 Å². The maximum Gasteiger partial charge on any atom is 0.244 e. The summed E-state index contributed by atoms with van der Waals surface area (Å²) in [6, 6.07) is 7.41. The lowest BCUT2D eigenvalue weighted by Gasteiger charge is -2.34. The average Bonchev–Trinajstić information content (AvgIpc) is 2.46. The smallest absolute Gasteiger partial charge is 0.244 e. The van der Waals surface area contributed by atoms with Crippen molar-refractivity contribution in [2.45, 2.75) is 39.2 Å². The van der Waals surface area contributed by atoms with Crippen LogP contribution in [0.2, 0.25) is 0 Å². The van der Waals surface area contributed by atoms with E-state index in [0.29, 0.717) is 5.92 Å². The van der Waals surface area contributed by atoms with E-state index in [0.717, 1.165) is 31.5 Å². The second-order valence-electron chi connectivity index (χ2n) is 5.59. The molecule has 2 N–H and O–H groups in total. The number of rotatable bonds is 3. The van der Waals surface area contributed by atoms with Crippen molar-refractivity contribution in [2.24, 2.45) is 11.7 Å². The molecule has 1 fully saturated rings. The van der Waals surface area contributed by atoms with Crippen LogP contribution in [0.15, 0.2) is 24.3 Å². The first-order chi connectivity index (χ1) is 9.11. The number of likely N-dealkylation sites (tertiary alicyclic amines) is 1. The van der Waals surface area contributed by atoms with Crippen LogP contribution in [0.25, 0.3) is 0 Å². The molecule has 1 aromatic rings. The summed E-state index contributed by atoms with van der Waals surface area (Å²) in [6.07, 6.45) is 3.48. The van der Waals surface area contributed by atoms with Crippen LogP contribution < -0.4 is 5.73 Å². The zero-order valence-electron chi connectivity index (χ0n) is 11.9. The molecule has 0 aromatic heterocycles. The third-order valence-electron chi connectivity index (χ3n) is 4.11. The van der Waals surface area contributed by atoms with Gasteiger partial charge in [0.1, 0.15) is 6.04 Å². The fourth-order valence-corrected chi connectivity index (χ4v) is 2.71. The topological polar surface area (TPSA) is 46.3 Å². The van der Waals surface area contributed by atoms with Gasteiger partial charge in [0.05, 0.1) is 0 Å². The average molecular weight is 260 g/mol. The van der Waals surface area contributed by atoms with Gasteiger partial charge in [-0.15, -0.1) is 0 Å². The van der Waals surface area contributed by atoms with Crippen molar-refractivity contribution in [2.75, 3.05) is 13.1 Å². The Labute approximate surface area is 115 Å². The second-order valence-corrected chi connectivity index (χ2v) is 5.59. The molecule has 1 aliphatic heterocycles. The predicted octanol–water partition coefficient (Wildman–Crippen LogP) is 2.64. The summed E-state index contributed by atoms with van der Waals surface area (Å²) in [5.74, 6) is 0.713. The van der Waals surface area contributed by atoms with Crippen molar-refractivity contribution >= 4 is 5.91 Å². The van der Waals surface area contributed by atoms with Crippen molar-refractivity contribution in [1.82, 2.24) is 4.90 Å². The molecule has 2 unspecified atom stereocenters. The largest absolute Gasteiger partial charge is 0.341 e. The molecule has 1 heterocycles. The molecule has 0 saturated carbocycles. The van der Waals surface area contributed by atoms with E-state index in [9.17, 15) is 4.79 Å². The number of nitrogens with two attached hydrogens (primary N) is 1. The first-order valence-corrected chi connectivity index (χ1v) is 7.22. The van der Waals surface area contributed by atoms with Gasteiger partial charge in [0, 0.05) is 13.1 Å². The van der Waals surface area contributed by atoms with Gasteiger partial charge in [-0.25, -0.2) is 0 Å². The van der Waals surface area contributed by atoms with Crippen LogP contribution in [0, 0.1) is 12.8 Å². The lowest BCUT2D eigenvalue weighted by Crippen LogP contribution is -2.44. The lowest BCUT2D eigenvalue weighted by atomic mass is 9.94. The molecular weight excluding hydrogens is 236 g/mol. The molecule has 2 rings (SSSR count). The molecule has 0 spiro atoms. The Morgan fingerprint density at radius 1 is 1.42 bits per heavy atom. The molecule has 3 nitrogen and oxygen atoms in total. The zero-order chi connectivity index (χ0) is 13.8. The number of hydrogen-bond acceptors (Lipinski definition) is 2. The number of benzene rings is 1. The van der Waals surface area contributed by atoms with E-state index < -0.39 is 6.04 Å². The van der Waals surface area contributed by atoms with Crippen LogP contribution >= 0.6 is 0 Å². The van der Waals surface area contributed by atoms with Crippen LogP contribution in [-0.2, 0) is 4.79 Å². The van der Waals surface area contributed by atoms with E-state index in [1.54, 1.807) is 0 Å². The normalized spacial score (nSPS) is 21.2. The van der Waals surface area contributed by atoms with Gasteiger partial charge in [-0.05, 0) is 31.2 Å². The van der Waals surface area contributed by atoms with Gasteiger partial charge in [0.2, 0.25) is 5.91 Å². The minimum absolute atomic E-state index is 0.0713. The highest BCUT2D eigenvalue weighted by molar-refractivity contribution is 5.83. The van der Waals surface area contributed by atoms with Gasteiger partial charge in [-0.3, -0.25) is 4.79 Å². The molecule has 1 saturated heterocycles. The van der Waals surface area contributed by atoms with Gasteiger partial charge in [0.15, 0.2) is 0 Å². The van der Waals surface area contributed by atoms with Gasteiger partial charge in [-0.2, -0.15) is 0 Å². The number of nitrogens with zero attached hydrogens (tertiary/aromatic N) is 1. The third kappa shape index (κ3) is 3.35. The Kier molecular flexibility index (Phi) is 4.59. The number of amides is 1. The Morgan fingerprint density at radius 3 is 2.74 bits per heavy atom. The SMILES string of the molecule is CCC1CCCN(C(=O)C(N)c2ccc(C)cc2)C1. The highest BCUT2D eigenvalue weighted by atomic mass is 16.2. The first kappa shape index (κ1) is 14.1. The van der Waals surface area contributed by atoms with Crippen LogP contribution in [0.5, 0.6) is 0 Å². The maximum absolute atomic E-state index is 12.4. The number of carbonyl (C=O) groups excluding carboxylic acids is 1. The molecule has 1 aliphatic rings. The highest BCUT2D eigenvalue weighted by Gasteiger charge is 2.27. The molecular formula is C16H24N2O. The Morgan fingerprint density at radius 2 is 2.11 bits per heavy atom. The Bertz CT molecular complexity index is 427. The van der Waals surface area contributed by atoms with E-state index in [1.807, 2.05) is 36.1 Å². The van der Waals surface area contributed by atoms with Crippen LogP contribution in [0.1, 0.15) is 43.4 Å². The molecule has 3 heteroatoms. The quantitative estimate of drug-likeness (QED) is 0.908. The van der Waals surface area contributed by atoms with E-state index in [-0.39, 0.29) is 5.91 Å². The summed E-state index contributed by atoms with van der Waals surface area (Å²) >= 11 is 0. The van der Waals surface area contributed by atoms with Crippen molar-refractivity contribution in [3.8, 4) is 0 Å². The molecule has 1 amide bonds. The second kappa shape index (κ2) is 6.20. The van der Waals surface area contributed by atoms with Crippen LogP contribution in [-0.4, -0.2) is 23.9 Å². The molecule has 0 radical (unpaired) electrons. The van der Waals surface area contributed by atoms with Crippen molar-refractivity contribution in [3.63, 3.8) is 0 Å². The summed E-state index contributed by atoms with van der Waals surface area (Å²) in [5, 5.41) is 0. The van der Waals surface area contributed by atoms with Gasteiger partial charge < -0.3 is 10.6 Å². The number of piperidine rings is 1. The van der Waals surface area contributed by atoms with Crippen LogP contribution in [0.4, 0.5) is 0 Å². The van der Waals surface area contributed by atoms with Crippen molar-refractivity contribution in [3.05, 3.63) is 35.4 Å². The highest BCUT2D eigenvalue weighted by Crippen LogP contribution is 2.22. The molecule has 104 valence electrons. The Balaban J connectivity index is 2.04. The van der Waals surface area contributed by atoms with Crippen molar-refractivity contribution in [1.29, 1.82) is 0 Å². The van der Waals surface area contributed by atoms with E-state index in [1.165, 1.54) is 12.0 Å².